The van der Waals surface area contributed by atoms with Gasteiger partial charge in [-0.3, -0.25) is 9.59 Å². The van der Waals surface area contributed by atoms with Crippen LogP contribution in [0.5, 0.6) is 0 Å². The van der Waals surface area contributed by atoms with E-state index in [1.165, 1.54) is 16.8 Å². The molecule has 1 N–H and O–H groups in total. The van der Waals surface area contributed by atoms with Crippen molar-refractivity contribution in [2.24, 2.45) is 0 Å². The lowest BCUT2D eigenvalue weighted by Crippen LogP contribution is -2.29. The van der Waals surface area contributed by atoms with Crippen molar-refractivity contribution in [1.82, 2.24) is 15.0 Å². The summed E-state index contributed by atoms with van der Waals surface area (Å²) in [5, 5.41) is 22.6. The molecule has 0 fully saturated rings. The Hall–Kier alpha value is -4.59. The van der Waals surface area contributed by atoms with Crippen molar-refractivity contribution in [3.05, 3.63) is 95.2 Å². The van der Waals surface area contributed by atoms with E-state index in [0.29, 0.717) is 11.0 Å². The van der Waals surface area contributed by atoms with Crippen molar-refractivity contribution < 1.29 is 19.5 Å². The average Bonchev–Trinajstić information content (AvgIpc) is 3.21. The van der Waals surface area contributed by atoms with Crippen LogP contribution in [0.1, 0.15) is 31.1 Å². The third kappa shape index (κ3) is 2.89. The van der Waals surface area contributed by atoms with E-state index < -0.39 is 17.5 Å². The van der Waals surface area contributed by atoms with Crippen LogP contribution in [0.3, 0.4) is 0 Å². The zero-order valence-electron chi connectivity index (χ0n) is 15.9. The van der Waals surface area contributed by atoms with Gasteiger partial charge in [0.25, 0.3) is 0 Å². The highest BCUT2D eigenvalue weighted by molar-refractivity contribution is 6.38. The zero-order valence-corrected chi connectivity index (χ0v) is 15.9. The number of aromatic carboxylic acids is 1. The molecule has 0 bridgehead atoms. The number of carboxylic acid groups (broad SMARTS) is 1. The summed E-state index contributed by atoms with van der Waals surface area (Å²) in [5.41, 5.74) is 1.39. The molecule has 0 saturated carbocycles. The van der Waals surface area contributed by atoms with Gasteiger partial charge in [0.05, 0.1) is 11.5 Å². The summed E-state index contributed by atoms with van der Waals surface area (Å²) in [4.78, 5) is 38.4. The third-order valence-electron chi connectivity index (χ3n) is 5.07. The maximum Gasteiger partial charge on any atom is 0.214 e. The zero-order chi connectivity index (χ0) is 21.5. The van der Waals surface area contributed by atoms with Crippen LogP contribution in [0.2, 0.25) is 0 Å². The van der Waals surface area contributed by atoms with Gasteiger partial charge in [0, 0.05) is 22.4 Å². The monoisotopic (exact) mass is 409 g/mol. The molecule has 31 heavy (non-hydrogen) atoms. The Balaban J connectivity index is 1.78. The SMILES string of the molecule is O=C([O-])c1ccccc1NC1=C(n2nnc3ccccc32)C(=O)c2ccccc2C1=O. The Kier molecular flexibility index (Phi) is 4.18. The van der Waals surface area contributed by atoms with Crippen LogP contribution in [0.15, 0.2) is 78.5 Å². The summed E-state index contributed by atoms with van der Waals surface area (Å²) in [6.07, 6.45) is 0. The van der Waals surface area contributed by atoms with Crippen LogP contribution in [0.4, 0.5) is 5.69 Å². The maximum atomic E-state index is 13.5. The van der Waals surface area contributed by atoms with E-state index in [4.69, 9.17) is 0 Å². The molecule has 4 aromatic rings. The number of nitrogens with zero attached hydrogens (tertiary/aromatic N) is 3. The highest BCUT2D eigenvalue weighted by Gasteiger charge is 2.35. The van der Waals surface area contributed by atoms with Gasteiger partial charge >= 0.3 is 0 Å². The number of fused-ring (bicyclic) bond motifs is 2. The van der Waals surface area contributed by atoms with Crippen LogP contribution in [0.25, 0.3) is 16.7 Å². The van der Waals surface area contributed by atoms with Crippen molar-refractivity contribution in [2.75, 3.05) is 5.32 Å². The van der Waals surface area contributed by atoms with Crippen LogP contribution in [-0.4, -0.2) is 32.5 Å². The fourth-order valence-electron chi connectivity index (χ4n) is 3.62. The highest BCUT2D eigenvalue weighted by atomic mass is 16.4. The quantitative estimate of drug-likeness (QED) is 0.549. The number of rotatable bonds is 4. The van der Waals surface area contributed by atoms with Gasteiger partial charge in [-0.1, -0.05) is 59.8 Å². The number of allylic oxidation sites excluding steroid dienone is 2. The Labute approximate surface area is 175 Å². The molecule has 0 atom stereocenters. The predicted octanol–water partition coefficient (Wildman–Crippen LogP) is 2.15. The van der Waals surface area contributed by atoms with Crippen molar-refractivity contribution in [3.8, 4) is 0 Å². The molecule has 8 nitrogen and oxygen atoms in total. The molecule has 0 saturated heterocycles. The van der Waals surface area contributed by atoms with Gasteiger partial charge in [0.2, 0.25) is 11.6 Å². The van der Waals surface area contributed by atoms with Gasteiger partial charge in [-0.15, -0.1) is 5.10 Å². The summed E-state index contributed by atoms with van der Waals surface area (Å²) in [6.45, 7) is 0. The molecule has 8 heteroatoms. The van der Waals surface area contributed by atoms with Gasteiger partial charge in [-0.25, -0.2) is 4.68 Å². The molecule has 0 unspecified atom stereocenters. The highest BCUT2D eigenvalue weighted by Crippen LogP contribution is 2.32. The smallest absolute Gasteiger partial charge is 0.214 e. The predicted molar refractivity (Wildman–Crippen MR) is 110 cm³/mol. The largest absolute Gasteiger partial charge is 0.545 e. The topological polar surface area (TPSA) is 117 Å². The minimum atomic E-state index is -1.41. The molecule has 1 heterocycles. The van der Waals surface area contributed by atoms with Crippen LogP contribution < -0.4 is 10.4 Å². The first-order valence-electron chi connectivity index (χ1n) is 9.37. The second-order valence-electron chi connectivity index (χ2n) is 6.88. The summed E-state index contributed by atoms with van der Waals surface area (Å²) in [7, 11) is 0. The minimum absolute atomic E-state index is 0.0365. The number of anilines is 1. The number of Topliss-reactive ketones (excluding diaryl/α,β-unsaturated/α-hetero) is 2. The fraction of sp³-hybridized carbons (Fsp3) is 0. The van der Waals surface area contributed by atoms with Gasteiger partial charge < -0.3 is 15.2 Å². The lowest BCUT2D eigenvalue weighted by Gasteiger charge is -2.23. The molecule has 0 aliphatic heterocycles. The first-order valence-corrected chi connectivity index (χ1v) is 9.37. The molecule has 0 amide bonds. The van der Waals surface area contributed by atoms with Crippen molar-refractivity contribution in [3.63, 3.8) is 0 Å². The van der Waals surface area contributed by atoms with Gasteiger partial charge in [0.1, 0.15) is 16.9 Å². The lowest BCUT2D eigenvalue weighted by atomic mass is 9.90. The molecule has 150 valence electrons. The fourth-order valence-corrected chi connectivity index (χ4v) is 3.62. The number of carbonyl (C=O) groups excluding carboxylic acids is 3. The van der Waals surface area contributed by atoms with E-state index in [0.717, 1.165) is 0 Å². The van der Waals surface area contributed by atoms with Crippen molar-refractivity contribution >= 4 is 40.0 Å². The number of nitrogens with one attached hydrogen (secondary N) is 1. The second kappa shape index (κ2) is 7.03. The molecule has 0 radical (unpaired) electrons. The number of carbonyl (C=O) groups is 3. The molecule has 1 aromatic heterocycles. The third-order valence-corrected chi connectivity index (χ3v) is 5.07. The standard InChI is InChI=1S/C23H14N4O4/c28-21-13-7-1-2-8-14(13)22(29)20(27-18-12-6-5-11-17(18)25-26-27)19(21)24-16-10-4-3-9-15(16)23(30)31/h1-12,24H,(H,30,31)/p-1. The molecule has 1 aliphatic carbocycles. The molecule has 3 aromatic carbocycles. The summed E-state index contributed by atoms with van der Waals surface area (Å²) >= 11 is 0. The number of benzene rings is 3. The van der Waals surface area contributed by atoms with E-state index in [2.05, 4.69) is 15.6 Å². The summed E-state index contributed by atoms with van der Waals surface area (Å²) < 4.78 is 1.30. The first kappa shape index (κ1) is 18.4. The molecule has 5 rings (SSSR count). The van der Waals surface area contributed by atoms with Gasteiger partial charge in [0.15, 0.2) is 0 Å². The average molecular weight is 409 g/mol. The lowest BCUT2D eigenvalue weighted by molar-refractivity contribution is -0.254. The number of carboxylic acids is 1. The van der Waals surface area contributed by atoms with Crippen LogP contribution in [-0.2, 0) is 0 Å². The number of hydrogen-bond donors (Lipinski definition) is 1. The normalized spacial score (nSPS) is 13.4. The Morgan fingerprint density at radius 2 is 1.48 bits per heavy atom. The Morgan fingerprint density at radius 3 is 2.26 bits per heavy atom. The first-order chi connectivity index (χ1) is 15.1. The number of hydrogen-bond acceptors (Lipinski definition) is 7. The second-order valence-corrected chi connectivity index (χ2v) is 6.88. The molecular weight excluding hydrogens is 396 g/mol. The minimum Gasteiger partial charge on any atom is -0.545 e. The van der Waals surface area contributed by atoms with Crippen molar-refractivity contribution in [2.45, 2.75) is 0 Å². The Morgan fingerprint density at radius 1 is 0.839 bits per heavy atom. The number of para-hydroxylation sites is 2. The van der Waals surface area contributed by atoms with Crippen LogP contribution >= 0.6 is 0 Å². The number of aromatic nitrogens is 3. The molecule has 0 spiro atoms. The summed E-state index contributed by atoms with van der Waals surface area (Å²) in [5.74, 6) is -2.30. The van der Waals surface area contributed by atoms with E-state index in [1.807, 2.05) is 0 Å². The van der Waals surface area contributed by atoms with Gasteiger partial charge in [-0.2, -0.15) is 0 Å². The van der Waals surface area contributed by atoms with Gasteiger partial charge in [-0.05, 0) is 18.2 Å². The van der Waals surface area contributed by atoms with Crippen LogP contribution in [0, 0.1) is 0 Å². The van der Waals surface area contributed by atoms with E-state index in [1.54, 1.807) is 60.7 Å². The number of ketones is 2. The van der Waals surface area contributed by atoms with E-state index >= 15 is 0 Å². The summed E-state index contributed by atoms with van der Waals surface area (Å²) in [6, 6.07) is 19.5. The maximum absolute atomic E-state index is 13.5. The van der Waals surface area contributed by atoms with E-state index in [-0.39, 0.29) is 33.8 Å². The molecular formula is C23H13N4O4-. The van der Waals surface area contributed by atoms with E-state index in [9.17, 15) is 19.5 Å². The Bertz CT molecular complexity index is 1430. The molecule has 1 aliphatic rings. The van der Waals surface area contributed by atoms with Crippen molar-refractivity contribution in [1.29, 1.82) is 0 Å².